The summed E-state index contributed by atoms with van der Waals surface area (Å²) in [6.07, 6.45) is 0. The molecule has 0 radical (unpaired) electrons. The van der Waals surface area contributed by atoms with Gasteiger partial charge in [-0.25, -0.2) is 4.79 Å². The quantitative estimate of drug-likeness (QED) is 0.674. The highest BCUT2D eigenvalue weighted by atomic mass is 127. The molecular formula is C10H10INO3. The Morgan fingerprint density at radius 3 is 2.60 bits per heavy atom. The van der Waals surface area contributed by atoms with E-state index >= 15 is 0 Å². The van der Waals surface area contributed by atoms with E-state index < -0.39 is 3.98 Å². The van der Waals surface area contributed by atoms with Crippen LogP contribution in [0.1, 0.15) is 12.5 Å². The first-order chi connectivity index (χ1) is 6.99. The first-order valence-electron chi connectivity index (χ1n) is 4.24. The SMILES string of the molecule is CC(=O)Nc1cc(C)ccc1OC(=O)I. The molecule has 1 N–H and O–H groups in total. The summed E-state index contributed by atoms with van der Waals surface area (Å²) in [7, 11) is 0. The number of carbonyl (C=O) groups is 2. The van der Waals surface area contributed by atoms with Crippen LogP contribution in [-0.2, 0) is 4.79 Å². The number of rotatable bonds is 2. The molecule has 0 bridgehead atoms. The highest BCUT2D eigenvalue weighted by molar-refractivity contribution is 14.1. The minimum absolute atomic E-state index is 0.202. The molecule has 4 nitrogen and oxygen atoms in total. The minimum atomic E-state index is -0.442. The predicted molar refractivity (Wildman–Crippen MR) is 65.5 cm³/mol. The lowest BCUT2D eigenvalue weighted by molar-refractivity contribution is -0.114. The second-order valence-electron chi connectivity index (χ2n) is 3.02. The second kappa shape index (κ2) is 5.11. The van der Waals surface area contributed by atoms with Crippen molar-refractivity contribution in [3.63, 3.8) is 0 Å². The minimum Gasteiger partial charge on any atom is -0.417 e. The number of halogens is 1. The van der Waals surface area contributed by atoms with Gasteiger partial charge in [-0.2, -0.15) is 0 Å². The molecule has 0 aliphatic carbocycles. The van der Waals surface area contributed by atoms with Crippen LogP contribution in [-0.4, -0.2) is 9.88 Å². The number of ether oxygens (including phenoxy) is 1. The summed E-state index contributed by atoms with van der Waals surface area (Å²) in [5.74, 6) is 0.154. The first-order valence-corrected chi connectivity index (χ1v) is 5.32. The Balaban J connectivity index is 3.02. The van der Waals surface area contributed by atoms with Crippen molar-refractivity contribution in [3.05, 3.63) is 23.8 Å². The van der Waals surface area contributed by atoms with Gasteiger partial charge in [0, 0.05) is 6.92 Å². The van der Waals surface area contributed by atoms with E-state index in [0.717, 1.165) is 5.56 Å². The van der Waals surface area contributed by atoms with Gasteiger partial charge in [-0.3, -0.25) is 4.79 Å². The van der Waals surface area contributed by atoms with E-state index in [1.165, 1.54) is 29.5 Å². The van der Waals surface area contributed by atoms with E-state index in [2.05, 4.69) is 5.32 Å². The fourth-order valence-corrected chi connectivity index (χ4v) is 1.34. The molecule has 0 heterocycles. The number of carbonyl (C=O) groups excluding carboxylic acids is 2. The van der Waals surface area contributed by atoms with E-state index in [-0.39, 0.29) is 5.91 Å². The molecule has 0 spiro atoms. The molecule has 1 aromatic rings. The zero-order chi connectivity index (χ0) is 11.4. The number of aryl methyl sites for hydroxylation is 1. The molecule has 5 heteroatoms. The number of hydrogen-bond acceptors (Lipinski definition) is 3. The number of hydrogen-bond donors (Lipinski definition) is 1. The summed E-state index contributed by atoms with van der Waals surface area (Å²) < 4.78 is 4.49. The highest BCUT2D eigenvalue weighted by Crippen LogP contribution is 2.26. The van der Waals surface area contributed by atoms with E-state index in [1.807, 2.05) is 6.92 Å². The van der Waals surface area contributed by atoms with Crippen LogP contribution in [0.25, 0.3) is 0 Å². The maximum atomic E-state index is 10.9. The largest absolute Gasteiger partial charge is 0.417 e. The molecule has 0 aliphatic rings. The van der Waals surface area contributed by atoms with Gasteiger partial charge < -0.3 is 10.1 Å². The van der Waals surface area contributed by atoms with Gasteiger partial charge in [-0.15, -0.1) is 0 Å². The molecule has 80 valence electrons. The molecule has 0 atom stereocenters. The number of amides is 1. The van der Waals surface area contributed by atoms with E-state index in [4.69, 9.17) is 4.74 Å². The monoisotopic (exact) mass is 319 g/mol. The van der Waals surface area contributed by atoms with Crippen molar-refractivity contribution in [2.75, 3.05) is 5.32 Å². The zero-order valence-corrected chi connectivity index (χ0v) is 10.5. The van der Waals surface area contributed by atoms with Crippen LogP contribution in [0.2, 0.25) is 0 Å². The lowest BCUT2D eigenvalue weighted by atomic mass is 10.2. The van der Waals surface area contributed by atoms with E-state index in [9.17, 15) is 9.59 Å². The normalized spacial score (nSPS) is 9.53. The Morgan fingerprint density at radius 1 is 1.40 bits per heavy atom. The number of benzene rings is 1. The Bertz CT molecular complexity index is 404. The van der Waals surface area contributed by atoms with Crippen LogP contribution in [0.15, 0.2) is 18.2 Å². The molecule has 0 unspecified atom stereocenters. The van der Waals surface area contributed by atoms with Crippen molar-refractivity contribution in [2.24, 2.45) is 0 Å². The van der Waals surface area contributed by atoms with Crippen molar-refractivity contribution >= 4 is 38.2 Å². The van der Waals surface area contributed by atoms with Gasteiger partial charge in [0.15, 0.2) is 5.75 Å². The van der Waals surface area contributed by atoms with Gasteiger partial charge in [0.2, 0.25) is 5.91 Å². The fraction of sp³-hybridized carbons (Fsp3) is 0.200. The third-order valence-corrected chi connectivity index (χ3v) is 1.86. The molecule has 1 aromatic carbocycles. The summed E-state index contributed by atoms with van der Waals surface area (Å²) in [5.41, 5.74) is 1.49. The maximum absolute atomic E-state index is 10.9. The van der Waals surface area contributed by atoms with Crippen molar-refractivity contribution in [1.29, 1.82) is 0 Å². The Hall–Kier alpha value is -1.11. The zero-order valence-electron chi connectivity index (χ0n) is 8.33. The first kappa shape index (κ1) is 12.0. The Kier molecular flexibility index (Phi) is 4.07. The van der Waals surface area contributed by atoms with Crippen LogP contribution >= 0.6 is 22.6 Å². The lowest BCUT2D eigenvalue weighted by Gasteiger charge is -2.09. The maximum Gasteiger partial charge on any atom is 0.372 e. The van der Waals surface area contributed by atoms with Crippen LogP contribution in [0.5, 0.6) is 5.75 Å². The average molecular weight is 319 g/mol. The van der Waals surface area contributed by atoms with Gasteiger partial charge >= 0.3 is 3.98 Å². The summed E-state index contributed by atoms with van der Waals surface area (Å²) in [4.78, 5) is 21.7. The molecular weight excluding hydrogens is 309 g/mol. The molecule has 1 amide bonds. The number of nitrogens with one attached hydrogen (secondary N) is 1. The van der Waals surface area contributed by atoms with Crippen molar-refractivity contribution < 1.29 is 14.3 Å². The third kappa shape index (κ3) is 3.86. The predicted octanol–water partition coefficient (Wildman–Crippen LogP) is 2.89. The summed E-state index contributed by atoms with van der Waals surface area (Å²) in [6.45, 7) is 3.29. The third-order valence-electron chi connectivity index (χ3n) is 1.64. The second-order valence-corrected chi connectivity index (χ2v) is 3.90. The molecule has 0 aliphatic heterocycles. The van der Waals surface area contributed by atoms with E-state index in [0.29, 0.717) is 11.4 Å². The van der Waals surface area contributed by atoms with Crippen molar-refractivity contribution in [2.45, 2.75) is 13.8 Å². The van der Waals surface area contributed by atoms with Gasteiger partial charge in [-0.05, 0) is 24.6 Å². The summed E-state index contributed by atoms with van der Waals surface area (Å²) in [5, 5.41) is 2.60. The average Bonchev–Trinajstić information content (AvgIpc) is 2.08. The van der Waals surface area contributed by atoms with Gasteiger partial charge in [-0.1, -0.05) is 6.07 Å². The molecule has 0 saturated heterocycles. The van der Waals surface area contributed by atoms with Gasteiger partial charge in [0.05, 0.1) is 28.3 Å². The van der Waals surface area contributed by atoms with Crippen LogP contribution in [0.3, 0.4) is 0 Å². The summed E-state index contributed by atoms with van der Waals surface area (Å²) in [6, 6.07) is 5.20. The lowest BCUT2D eigenvalue weighted by Crippen LogP contribution is -2.08. The van der Waals surface area contributed by atoms with Crippen molar-refractivity contribution in [1.82, 2.24) is 0 Å². The topological polar surface area (TPSA) is 55.4 Å². The highest BCUT2D eigenvalue weighted by Gasteiger charge is 2.08. The Morgan fingerprint density at radius 2 is 2.07 bits per heavy atom. The molecule has 0 fully saturated rings. The van der Waals surface area contributed by atoms with Crippen LogP contribution in [0.4, 0.5) is 10.5 Å². The van der Waals surface area contributed by atoms with Gasteiger partial charge in [0.25, 0.3) is 0 Å². The fourth-order valence-electron chi connectivity index (χ4n) is 1.11. The number of anilines is 1. The van der Waals surface area contributed by atoms with Crippen LogP contribution in [0, 0.1) is 6.92 Å². The molecule has 15 heavy (non-hydrogen) atoms. The van der Waals surface area contributed by atoms with Gasteiger partial charge in [0.1, 0.15) is 0 Å². The molecule has 0 aromatic heterocycles. The Labute approximate surface area is 101 Å². The van der Waals surface area contributed by atoms with Crippen LogP contribution < -0.4 is 10.1 Å². The smallest absolute Gasteiger partial charge is 0.372 e. The standard InChI is InChI=1S/C10H10INO3/c1-6-3-4-9(15-10(11)14)8(5-6)12-7(2)13/h3-5H,1-2H3,(H,12,13). The van der Waals surface area contributed by atoms with E-state index in [1.54, 1.807) is 18.2 Å². The van der Waals surface area contributed by atoms with Crippen molar-refractivity contribution in [3.8, 4) is 5.75 Å². The molecule has 0 saturated carbocycles. The molecule has 1 rings (SSSR count). The summed E-state index contributed by atoms with van der Waals surface area (Å²) >= 11 is 1.53.